The minimum Gasteiger partial charge on any atom is -0.384 e. The molecule has 1 aliphatic heterocycles. The van der Waals surface area contributed by atoms with Crippen LogP contribution in [0.1, 0.15) is 18.9 Å². The topological polar surface area (TPSA) is 148 Å². The number of hydrazone groups is 1. The van der Waals surface area contributed by atoms with Gasteiger partial charge in [-0.2, -0.15) is 5.10 Å². The van der Waals surface area contributed by atoms with E-state index in [2.05, 4.69) is 25.5 Å². The van der Waals surface area contributed by atoms with Crippen molar-refractivity contribution < 1.29 is 4.79 Å². The van der Waals surface area contributed by atoms with Gasteiger partial charge in [-0.3, -0.25) is 4.79 Å². The molecule has 1 aliphatic rings. The molecule has 4 heterocycles. The first-order valence-corrected chi connectivity index (χ1v) is 9.82. The number of aromatic nitrogens is 4. The highest BCUT2D eigenvalue weighted by atomic mass is 16.2. The summed E-state index contributed by atoms with van der Waals surface area (Å²) in [5, 5.41) is 4.23. The summed E-state index contributed by atoms with van der Waals surface area (Å²) in [6.45, 7) is 1.99. The Morgan fingerprint density at radius 2 is 1.81 bits per heavy atom. The van der Waals surface area contributed by atoms with Crippen LogP contribution in [-0.2, 0) is 4.79 Å². The maximum Gasteiger partial charge on any atom is 0.240 e. The lowest BCUT2D eigenvalue weighted by Gasteiger charge is -2.18. The van der Waals surface area contributed by atoms with Crippen LogP contribution in [0, 0.1) is 5.92 Å². The van der Waals surface area contributed by atoms with Crippen LogP contribution in [0.2, 0.25) is 0 Å². The van der Waals surface area contributed by atoms with Crippen LogP contribution >= 0.6 is 0 Å². The summed E-state index contributed by atoms with van der Waals surface area (Å²) in [5.74, 6) is 1.42. The lowest BCUT2D eigenvalue weighted by atomic mass is 9.94. The fraction of sp³-hybridized carbons (Fsp3) is 0.136. The van der Waals surface area contributed by atoms with Gasteiger partial charge in [0.2, 0.25) is 5.91 Å². The van der Waals surface area contributed by atoms with Gasteiger partial charge < -0.3 is 16.5 Å². The fourth-order valence-electron chi connectivity index (χ4n) is 3.69. The second kappa shape index (κ2) is 7.21. The number of hydrogen-bond acceptors (Lipinski definition) is 7. The highest BCUT2D eigenvalue weighted by Crippen LogP contribution is 2.30. The molecule has 1 aromatic carbocycles. The van der Waals surface area contributed by atoms with Crippen LogP contribution in [0.25, 0.3) is 33.5 Å². The number of H-pyrrole nitrogens is 1. The van der Waals surface area contributed by atoms with E-state index in [1.54, 1.807) is 18.5 Å². The molecule has 4 aromatic rings. The van der Waals surface area contributed by atoms with Gasteiger partial charge in [0.1, 0.15) is 17.5 Å². The molecule has 6 N–H and O–H groups in total. The van der Waals surface area contributed by atoms with Crippen molar-refractivity contribution in [3.63, 3.8) is 0 Å². The van der Waals surface area contributed by atoms with Crippen LogP contribution < -0.4 is 16.9 Å². The number of pyridine rings is 2. The Labute approximate surface area is 177 Å². The zero-order valence-electron chi connectivity index (χ0n) is 16.8. The van der Waals surface area contributed by atoms with Gasteiger partial charge in [0, 0.05) is 41.4 Å². The summed E-state index contributed by atoms with van der Waals surface area (Å²) in [4.78, 5) is 28.1. The molecule has 31 heavy (non-hydrogen) atoms. The molecule has 9 heteroatoms. The quantitative estimate of drug-likeness (QED) is 0.407. The Balaban J connectivity index is 1.54. The number of nitrogens with one attached hydrogen (secondary N) is 2. The number of amides is 1. The third-order valence-corrected chi connectivity index (χ3v) is 5.33. The van der Waals surface area contributed by atoms with Crippen LogP contribution in [0.4, 0.5) is 11.6 Å². The second-order valence-corrected chi connectivity index (χ2v) is 7.58. The summed E-state index contributed by atoms with van der Waals surface area (Å²) in [5.41, 5.74) is 20.2. The smallest absolute Gasteiger partial charge is 0.240 e. The molecular formula is C22H20N8O. The van der Waals surface area contributed by atoms with Crippen molar-refractivity contribution in [1.82, 2.24) is 25.4 Å². The highest BCUT2D eigenvalue weighted by molar-refractivity contribution is 6.07. The van der Waals surface area contributed by atoms with Gasteiger partial charge in [0.25, 0.3) is 0 Å². The van der Waals surface area contributed by atoms with E-state index in [9.17, 15) is 4.79 Å². The zero-order chi connectivity index (χ0) is 21.5. The van der Waals surface area contributed by atoms with E-state index in [4.69, 9.17) is 16.5 Å². The van der Waals surface area contributed by atoms with E-state index in [0.29, 0.717) is 29.4 Å². The van der Waals surface area contributed by atoms with E-state index in [1.807, 2.05) is 37.3 Å². The van der Waals surface area contributed by atoms with E-state index >= 15 is 0 Å². The van der Waals surface area contributed by atoms with Gasteiger partial charge in [-0.05, 0) is 30.3 Å². The third-order valence-electron chi connectivity index (χ3n) is 5.33. The lowest BCUT2D eigenvalue weighted by molar-refractivity contribution is -0.121. The third kappa shape index (κ3) is 3.46. The largest absolute Gasteiger partial charge is 0.384 e. The predicted molar refractivity (Wildman–Crippen MR) is 120 cm³/mol. The molecule has 0 spiro atoms. The summed E-state index contributed by atoms with van der Waals surface area (Å²) in [6.07, 6.45) is 3.81. The van der Waals surface area contributed by atoms with Crippen LogP contribution in [0.5, 0.6) is 0 Å². The van der Waals surface area contributed by atoms with Crippen molar-refractivity contribution in [2.45, 2.75) is 13.3 Å². The van der Waals surface area contributed by atoms with E-state index < -0.39 is 0 Å². The predicted octanol–water partition coefficient (Wildman–Crippen LogP) is 2.71. The van der Waals surface area contributed by atoms with Crippen molar-refractivity contribution in [3.8, 4) is 22.5 Å². The molecule has 1 unspecified atom stereocenters. The van der Waals surface area contributed by atoms with Crippen molar-refractivity contribution >= 4 is 34.3 Å². The minimum absolute atomic E-state index is 0.0367. The molecule has 1 atom stereocenters. The molecule has 3 aromatic heterocycles. The van der Waals surface area contributed by atoms with Gasteiger partial charge in [0.05, 0.1) is 22.3 Å². The summed E-state index contributed by atoms with van der Waals surface area (Å²) in [6, 6.07) is 11.4. The van der Waals surface area contributed by atoms with Crippen LogP contribution in [0.3, 0.4) is 0 Å². The number of nitrogens with two attached hydrogens (primary N) is 2. The Hall–Kier alpha value is -4.27. The van der Waals surface area contributed by atoms with E-state index in [1.165, 1.54) is 0 Å². The average molecular weight is 412 g/mol. The Morgan fingerprint density at radius 3 is 2.58 bits per heavy atom. The number of nitrogen functional groups attached to an aromatic ring is 2. The number of carbonyl (C=O) groups is 1. The SMILES string of the molecule is CC1CC(=O)NN=C1c1ccc2[nH]c(-c3cc(-c4ccc(N)nc4)cnc3N)nc2c1. The van der Waals surface area contributed by atoms with Crippen LogP contribution in [-0.4, -0.2) is 31.6 Å². The number of benzene rings is 1. The normalized spacial score (nSPS) is 16.2. The molecular weight excluding hydrogens is 392 g/mol. The number of aromatic amines is 1. The first kappa shape index (κ1) is 18.7. The monoisotopic (exact) mass is 412 g/mol. The molecule has 0 saturated carbocycles. The van der Waals surface area contributed by atoms with Crippen molar-refractivity contribution in [2.24, 2.45) is 11.0 Å². The van der Waals surface area contributed by atoms with Crippen molar-refractivity contribution in [2.75, 3.05) is 11.5 Å². The molecule has 5 rings (SSSR count). The zero-order valence-corrected chi connectivity index (χ0v) is 16.8. The Morgan fingerprint density at radius 1 is 1.00 bits per heavy atom. The summed E-state index contributed by atoms with van der Waals surface area (Å²) < 4.78 is 0. The van der Waals surface area contributed by atoms with Gasteiger partial charge in [-0.25, -0.2) is 20.4 Å². The van der Waals surface area contributed by atoms with E-state index in [0.717, 1.165) is 33.4 Å². The number of fused-ring (bicyclic) bond motifs is 1. The molecule has 154 valence electrons. The van der Waals surface area contributed by atoms with Gasteiger partial charge in [-0.1, -0.05) is 13.0 Å². The first-order valence-electron chi connectivity index (χ1n) is 9.82. The second-order valence-electron chi connectivity index (χ2n) is 7.58. The molecule has 0 aliphatic carbocycles. The number of hydrogen-bond donors (Lipinski definition) is 4. The number of carbonyl (C=O) groups excluding carboxylic acids is 1. The number of rotatable bonds is 3. The highest BCUT2D eigenvalue weighted by Gasteiger charge is 2.22. The molecule has 1 amide bonds. The maximum absolute atomic E-state index is 11.5. The standard InChI is InChI=1S/C22H20N8O/c1-11-6-19(31)29-30-20(11)12-2-4-16-17(8-12)28-22(27-16)15-7-14(10-26-21(15)24)13-3-5-18(23)25-9-13/h2-5,7-11H,6H2,1H3,(H2,23,25)(H2,24,26)(H,27,28)(H,29,31). The summed E-state index contributed by atoms with van der Waals surface area (Å²) >= 11 is 0. The number of nitrogens with zero attached hydrogens (tertiary/aromatic N) is 4. The van der Waals surface area contributed by atoms with Crippen molar-refractivity contribution in [3.05, 3.63) is 54.4 Å². The number of anilines is 2. The fourth-order valence-corrected chi connectivity index (χ4v) is 3.69. The molecule has 0 saturated heterocycles. The van der Waals surface area contributed by atoms with Gasteiger partial charge in [-0.15, -0.1) is 0 Å². The van der Waals surface area contributed by atoms with Gasteiger partial charge >= 0.3 is 0 Å². The van der Waals surface area contributed by atoms with Gasteiger partial charge in [0.15, 0.2) is 0 Å². The maximum atomic E-state index is 11.5. The van der Waals surface area contributed by atoms with Crippen LogP contribution in [0.15, 0.2) is 53.9 Å². The first-order chi connectivity index (χ1) is 15.0. The Bertz CT molecular complexity index is 1340. The lowest BCUT2D eigenvalue weighted by Crippen LogP contribution is -2.31. The molecule has 0 radical (unpaired) electrons. The summed E-state index contributed by atoms with van der Waals surface area (Å²) in [7, 11) is 0. The molecule has 0 fully saturated rings. The van der Waals surface area contributed by atoms with Crippen molar-refractivity contribution in [1.29, 1.82) is 0 Å². The Kier molecular flexibility index (Phi) is 4.36. The average Bonchev–Trinajstić information content (AvgIpc) is 3.18. The van der Waals surface area contributed by atoms with E-state index in [-0.39, 0.29) is 11.8 Å². The number of imidazole rings is 1. The minimum atomic E-state index is -0.0708. The molecule has 0 bridgehead atoms. The molecule has 9 nitrogen and oxygen atoms in total.